The van der Waals surface area contributed by atoms with Gasteiger partial charge in [-0.1, -0.05) is 36.4 Å². The van der Waals surface area contributed by atoms with Gasteiger partial charge in [-0.2, -0.15) is 0 Å². The van der Waals surface area contributed by atoms with E-state index in [0.29, 0.717) is 6.42 Å². The Kier molecular flexibility index (Phi) is 3.95. The topological polar surface area (TPSA) is 54.4 Å². The van der Waals surface area contributed by atoms with E-state index in [0.717, 1.165) is 21.9 Å². The second kappa shape index (κ2) is 5.65. The molecule has 19 heavy (non-hydrogen) atoms. The van der Waals surface area contributed by atoms with Crippen molar-refractivity contribution in [2.45, 2.75) is 26.2 Å². The monoisotopic (exact) mass is 256 g/mol. The van der Waals surface area contributed by atoms with Crippen LogP contribution in [0, 0.1) is 6.92 Å². The fourth-order valence-corrected chi connectivity index (χ4v) is 2.28. The summed E-state index contributed by atoms with van der Waals surface area (Å²) in [6.45, 7) is 1.91. The molecule has 0 amide bonds. The van der Waals surface area contributed by atoms with Crippen molar-refractivity contribution in [1.82, 2.24) is 0 Å². The smallest absolute Gasteiger partial charge is 0.303 e. The zero-order valence-corrected chi connectivity index (χ0v) is 10.8. The number of rotatable bonds is 5. The van der Waals surface area contributed by atoms with Crippen LogP contribution in [0.15, 0.2) is 36.4 Å². The Labute approximate surface area is 111 Å². The molecular weight excluding hydrogens is 240 g/mol. The summed E-state index contributed by atoms with van der Waals surface area (Å²) in [4.78, 5) is 22.8. The summed E-state index contributed by atoms with van der Waals surface area (Å²) in [7, 11) is 0. The van der Waals surface area contributed by atoms with E-state index in [4.69, 9.17) is 5.11 Å². The Bertz CT molecular complexity index is 629. The molecule has 3 heteroatoms. The number of carbonyl (C=O) groups is 2. The summed E-state index contributed by atoms with van der Waals surface area (Å²) in [6, 6.07) is 11.7. The Morgan fingerprint density at radius 1 is 1.05 bits per heavy atom. The SMILES string of the molecule is Cc1ccc2ccccc2c1C(=O)CCCC(=O)O. The number of aryl methyl sites for hydroxylation is 1. The van der Waals surface area contributed by atoms with Crippen molar-refractivity contribution in [3.63, 3.8) is 0 Å². The summed E-state index contributed by atoms with van der Waals surface area (Å²) >= 11 is 0. The number of carboxylic acids is 1. The molecule has 98 valence electrons. The summed E-state index contributed by atoms with van der Waals surface area (Å²) in [5, 5.41) is 10.6. The average molecular weight is 256 g/mol. The summed E-state index contributed by atoms with van der Waals surface area (Å²) in [5.74, 6) is -0.835. The van der Waals surface area contributed by atoms with Gasteiger partial charge in [-0.05, 0) is 29.7 Å². The van der Waals surface area contributed by atoms with E-state index in [1.807, 2.05) is 43.3 Å². The maximum atomic E-state index is 12.3. The first-order chi connectivity index (χ1) is 9.09. The minimum atomic E-state index is -0.859. The number of ketones is 1. The van der Waals surface area contributed by atoms with Gasteiger partial charge in [0.05, 0.1) is 0 Å². The van der Waals surface area contributed by atoms with Gasteiger partial charge in [-0.3, -0.25) is 9.59 Å². The number of carboxylic acid groups (broad SMARTS) is 1. The number of hydrogen-bond acceptors (Lipinski definition) is 2. The summed E-state index contributed by atoms with van der Waals surface area (Å²) in [6.07, 6.45) is 0.702. The molecule has 0 aliphatic carbocycles. The fourth-order valence-electron chi connectivity index (χ4n) is 2.28. The van der Waals surface area contributed by atoms with Crippen molar-refractivity contribution >= 4 is 22.5 Å². The Morgan fingerprint density at radius 2 is 1.79 bits per heavy atom. The van der Waals surface area contributed by atoms with Gasteiger partial charge in [0, 0.05) is 18.4 Å². The maximum absolute atomic E-state index is 12.3. The van der Waals surface area contributed by atoms with Gasteiger partial charge < -0.3 is 5.11 Å². The minimum absolute atomic E-state index is 0.0237. The highest BCUT2D eigenvalue weighted by molar-refractivity contribution is 6.09. The number of Topliss-reactive ketones (excluding diaryl/α,β-unsaturated/α-hetero) is 1. The Hall–Kier alpha value is -2.16. The lowest BCUT2D eigenvalue weighted by Gasteiger charge is -2.09. The first-order valence-electron chi connectivity index (χ1n) is 6.33. The van der Waals surface area contributed by atoms with Crippen LogP contribution in [0.4, 0.5) is 0 Å². The van der Waals surface area contributed by atoms with Crippen molar-refractivity contribution in [3.8, 4) is 0 Å². The molecule has 2 aromatic carbocycles. The molecule has 0 fully saturated rings. The van der Waals surface area contributed by atoms with Gasteiger partial charge in [0.2, 0.25) is 0 Å². The third-order valence-corrected chi connectivity index (χ3v) is 3.21. The Balaban J connectivity index is 2.30. The molecule has 2 aromatic rings. The van der Waals surface area contributed by atoms with Crippen LogP contribution >= 0.6 is 0 Å². The van der Waals surface area contributed by atoms with E-state index in [2.05, 4.69) is 0 Å². The number of aliphatic carboxylic acids is 1. The van der Waals surface area contributed by atoms with Gasteiger partial charge in [0.25, 0.3) is 0 Å². The van der Waals surface area contributed by atoms with Gasteiger partial charge in [-0.25, -0.2) is 0 Å². The van der Waals surface area contributed by atoms with Crippen molar-refractivity contribution < 1.29 is 14.7 Å². The molecule has 0 aromatic heterocycles. The molecule has 3 nitrogen and oxygen atoms in total. The van der Waals surface area contributed by atoms with Gasteiger partial charge in [0.1, 0.15) is 0 Å². The lowest BCUT2D eigenvalue weighted by atomic mass is 9.94. The molecule has 0 radical (unpaired) electrons. The highest BCUT2D eigenvalue weighted by Gasteiger charge is 2.13. The molecule has 0 atom stereocenters. The van der Waals surface area contributed by atoms with Gasteiger partial charge in [0.15, 0.2) is 5.78 Å². The van der Waals surface area contributed by atoms with Gasteiger partial charge in [-0.15, -0.1) is 0 Å². The number of fused-ring (bicyclic) bond motifs is 1. The summed E-state index contributed by atoms with van der Waals surface area (Å²) < 4.78 is 0. The number of carbonyl (C=O) groups excluding carboxylic acids is 1. The largest absolute Gasteiger partial charge is 0.481 e. The maximum Gasteiger partial charge on any atom is 0.303 e. The van der Waals surface area contributed by atoms with Crippen LogP contribution in [-0.2, 0) is 4.79 Å². The average Bonchev–Trinajstić information content (AvgIpc) is 2.38. The highest BCUT2D eigenvalue weighted by atomic mass is 16.4. The molecule has 0 saturated heterocycles. The van der Waals surface area contributed by atoms with Crippen molar-refractivity contribution in [2.24, 2.45) is 0 Å². The van der Waals surface area contributed by atoms with Crippen LogP contribution in [0.5, 0.6) is 0 Å². The van der Waals surface area contributed by atoms with E-state index < -0.39 is 5.97 Å². The molecule has 0 aliphatic rings. The molecule has 2 rings (SSSR count). The molecule has 0 unspecified atom stereocenters. The number of hydrogen-bond donors (Lipinski definition) is 1. The highest BCUT2D eigenvalue weighted by Crippen LogP contribution is 2.24. The lowest BCUT2D eigenvalue weighted by Crippen LogP contribution is -2.04. The van der Waals surface area contributed by atoms with Crippen molar-refractivity contribution in [2.75, 3.05) is 0 Å². The zero-order chi connectivity index (χ0) is 13.8. The van der Waals surface area contributed by atoms with Crippen LogP contribution in [0.25, 0.3) is 10.8 Å². The van der Waals surface area contributed by atoms with Crippen molar-refractivity contribution in [1.29, 1.82) is 0 Å². The first-order valence-corrected chi connectivity index (χ1v) is 6.33. The van der Waals surface area contributed by atoms with E-state index in [1.165, 1.54) is 0 Å². The zero-order valence-electron chi connectivity index (χ0n) is 10.8. The van der Waals surface area contributed by atoms with Crippen LogP contribution in [0.2, 0.25) is 0 Å². The molecule has 0 saturated carbocycles. The second-order valence-corrected chi connectivity index (χ2v) is 4.65. The van der Waals surface area contributed by atoms with Gasteiger partial charge >= 0.3 is 5.97 Å². The van der Waals surface area contributed by atoms with E-state index in [9.17, 15) is 9.59 Å². The quantitative estimate of drug-likeness (QED) is 0.832. The second-order valence-electron chi connectivity index (χ2n) is 4.65. The van der Waals surface area contributed by atoms with Crippen LogP contribution in [0.3, 0.4) is 0 Å². The Morgan fingerprint density at radius 3 is 2.53 bits per heavy atom. The van der Waals surface area contributed by atoms with Crippen molar-refractivity contribution in [3.05, 3.63) is 47.5 Å². The standard InChI is InChI=1S/C16H16O3/c1-11-9-10-12-5-2-3-6-13(12)16(11)14(17)7-4-8-15(18)19/h2-3,5-6,9-10H,4,7-8H2,1H3,(H,18,19). The predicted octanol–water partition coefficient (Wildman–Crippen LogP) is 3.59. The minimum Gasteiger partial charge on any atom is -0.481 e. The molecule has 0 heterocycles. The lowest BCUT2D eigenvalue weighted by molar-refractivity contribution is -0.137. The molecule has 1 N–H and O–H groups in total. The summed E-state index contributed by atoms with van der Waals surface area (Å²) in [5.41, 5.74) is 1.67. The predicted molar refractivity (Wildman–Crippen MR) is 74.5 cm³/mol. The van der Waals surface area contributed by atoms with Crippen LogP contribution < -0.4 is 0 Å². The van der Waals surface area contributed by atoms with E-state index >= 15 is 0 Å². The third-order valence-electron chi connectivity index (χ3n) is 3.21. The molecule has 0 bridgehead atoms. The van der Waals surface area contributed by atoms with Crippen LogP contribution in [-0.4, -0.2) is 16.9 Å². The van der Waals surface area contributed by atoms with E-state index in [1.54, 1.807) is 0 Å². The molecule has 0 spiro atoms. The normalized spacial score (nSPS) is 10.6. The fraction of sp³-hybridized carbons (Fsp3) is 0.250. The number of benzene rings is 2. The molecular formula is C16H16O3. The van der Waals surface area contributed by atoms with E-state index in [-0.39, 0.29) is 18.6 Å². The first kappa shape index (κ1) is 13.3. The van der Waals surface area contributed by atoms with Crippen LogP contribution in [0.1, 0.15) is 35.2 Å². The third kappa shape index (κ3) is 2.99. The molecule has 0 aliphatic heterocycles.